The zero-order chi connectivity index (χ0) is 12.3. The third-order valence-electron chi connectivity index (χ3n) is 3.47. The fourth-order valence-corrected chi connectivity index (χ4v) is 2.08. The predicted octanol–water partition coefficient (Wildman–Crippen LogP) is 1.82. The van der Waals surface area contributed by atoms with Crippen molar-refractivity contribution < 1.29 is 9.90 Å². The molecule has 2 N–H and O–H groups in total. The minimum absolute atomic E-state index is 0.0326. The lowest BCUT2D eigenvalue weighted by atomic mass is 9.95. The summed E-state index contributed by atoms with van der Waals surface area (Å²) in [5.41, 5.74) is 0.723. The Balaban J connectivity index is 2.06. The van der Waals surface area contributed by atoms with Gasteiger partial charge in [0.15, 0.2) is 0 Å². The normalized spacial score (nSPS) is 18.5. The van der Waals surface area contributed by atoms with Gasteiger partial charge in [0.1, 0.15) is 0 Å². The number of carbonyl (C=O) groups is 1. The molecule has 0 heterocycles. The molecule has 1 aromatic carbocycles. The van der Waals surface area contributed by atoms with Crippen LogP contribution in [0.1, 0.15) is 37.7 Å². The van der Waals surface area contributed by atoms with E-state index in [-0.39, 0.29) is 24.0 Å². The first kappa shape index (κ1) is 12.1. The Hall–Kier alpha value is -1.35. The highest BCUT2D eigenvalue weighted by Crippen LogP contribution is 2.35. The van der Waals surface area contributed by atoms with Crippen LogP contribution >= 0.6 is 0 Å². The van der Waals surface area contributed by atoms with Crippen LogP contribution in [0.15, 0.2) is 30.3 Å². The Morgan fingerprint density at radius 2 is 2.06 bits per heavy atom. The molecule has 1 aromatic rings. The molecule has 17 heavy (non-hydrogen) atoms. The van der Waals surface area contributed by atoms with Crippen molar-refractivity contribution >= 4 is 5.91 Å². The van der Waals surface area contributed by atoms with Crippen LogP contribution in [-0.2, 0) is 4.79 Å². The largest absolute Gasteiger partial charge is 0.394 e. The van der Waals surface area contributed by atoms with E-state index in [0.717, 1.165) is 24.8 Å². The van der Waals surface area contributed by atoms with Gasteiger partial charge in [-0.25, -0.2) is 0 Å². The first-order valence-electron chi connectivity index (χ1n) is 6.18. The van der Waals surface area contributed by atoms with Crippen LogP contribution in [0.25, 0.3) is 0 Å². The van der Waals surface area contributed by atoms with Gasteiger partial charge in [0.2, 0.25) is 5.91 Å². The lowest BCUT2D eigenvalue weighted by molar-refractivity contribution is -0.124. The van der Waals surface area contributed by atoms with Gasteiger partial charge in [-0.05, 0) is 24.8 Å². The third kappa shape index (κ3) is 2.67. The summed E-state index contributed by atoms with van der Waals surface area (Å²) < 4.78 is 0. The number of hydrogen-bond donors (Lipinski definition) is 2. The zero-order valence-electron chi connectivity index (χ0n) is 10.1. The van der Waals surface area contributed by atoms with Crippen molar-refractivity contribution in [2.45, 2.75) is 37.6 Å². The van der Waals surface area contributed by atoms with Gasteiger partial charge in [0.25, 0.3) is 0 Å². The van der Waals surface area contributed by atoms with Crippen LogP contribution in [0.3, 0.4) is 0 Å². The second-order valence-electron chi connectivity index (χ2n) is 4.80. The Morgan fingerprint density at radius 3 is 2.53 bits per heavy atom. The summed E-state index contributed by atoms with van der Waals surface area (Å²) in [5.74, 6) is -0.0783. The molecule has 1 fully saturated rings. The van der Waals surface area contributed by atoms with Gasteiger partial charge in [-0.2, -0.15) is 0 Å². The molecule has 3 nitrogen and oxygen atoms in total. The monoisotopic (exact) mass is 233 g/mol. The molecule has 0 aliphatic heterocycles. The third-order valence-corrected chi connectivity index (χ3v) is 3.47. The maximum absolute atomic E-state index is 12.2. The highest BCUT2D eigenvalue weighted by Gasteiger charge is 2.44. The number of aliphatic hydroxyl groups excluding tert-OH is 1. The SMILES string of the molecule is CCC(C(=O)NC1(CO)CC1)c1ccccc1. The molecule has 1 aliphatic carbocycles. The lowest BCUT2D eigenvalue weighted by Gasteiger charge is -2.20. The second-order valence-corrected chi connectivity index (χ2v) is 4.80. The van der Waals surface area contributed by atoms with Crippen LogP contribution < -0.4 is 5.32 Å². The predicted molar refractivity (Wildman–Crippen MR) is 66.7 cm³/mol. The van der Waals surface area contributed by atoms with E-state index in [1.807, 2.05) is 37.3 Å². The van der Waals surface area contributed by atoms with E-state index in [1.165, 1.54) is 0 Å². The minimum Gasteiger partial charge on any atom is -0.394 e. The van der Waals surface area contributed by atoms with Gasteiger partial charge in [-0.1, -0.05) is 37.3 Å². The summed E-state index contributed by atoms with van der Waals surface area (Å²) in [6.07, 6.45) is 2.55. The number of amides is 1. The fraction of sp³-hybridized carbons (Fsp3) is 0.500. The molecule has 2 rings (SSSR count). The van der Waals surface area contributed by atoms with E-state index in [9.17, 15) is 9.90 Å². The number of benzene rings is 1. The average Bonchev–Trinajstić information content (AvgIpc) is 3.12. The molecule has 3 heteroatoms. The van der Waals surface area contributed by atoms with Gasteiger partial charge in [0, 0.05) is 0 Å². The summed E-state index contributed by atoms with van der Waals surface area (Å²) in [4.78, 5) is 12.2. The number of carbonyl (C=O) groups excluding carboxylic acids is 1. The second kappa shape index (κ2) is 4.88. The summed E-state index contributed by atoms with van der Waals surface area (Å²) >= 11 is 0. The fourth-order valence-electron chi connectivity index (χ4n) is 2.08. The highest BCUT2D eigenvalue weighted by atomic mass is 16.3. The molecule has 0 spiro atoms. The minimum atomic E-state index is -0.320. The molecule has 0 aromatic heterocycles. The van der Waals surface area contributed by atoms with Gasteiger partial charge in [-0.15, -0.1) is 0 Å². The van der Waals surface area contributed by atoms with Crippen LogP contribution in [-0.4, -0.2) is 23.2 Å². The molecular formula is C14H19NO2. The maximum atomic E-state index is 12.2. The quantitative estimate of drug-likeness (QED) is 0.815. The van der Waals surface area contributed by atoms with Crippen LogP contribution in [0.5, 0.6) is 0 Å². The molecule has 1 amide bonds. The lowest BCUT2D eigenvalue weighted by Crippen LogP contribution is -2.42. The van der Waals surface area contributed by atoms with E-state index in [0.29, 0.717) is 0 Å². The first-order chi connectivity index (χ1) is 8.21. The smallest absolute Gasteiger partial charge is 0.228 e. The van der Waals surface area contributed by atoms with E-state index in [4.69, 9.17) is 0 Å². The first-order valence-corrected chi connectivity index (χ1v) is 6.18. The van der Waals surface area contributed by atoms with Crippen LogP contribution in [0.4, 0.5) is 0 Å². The van der Waals surface area contributed by atoms with Crippen molar-refractivity contribution in [3.63, 3.8) is 0 Å². The zero-order valence-corrected chi connectivity index (χ0v) is 10.1. The van der Waals surface area contributed by atoms with E-state index in [2.05, 4.69) is 5.32 Å². The van der Waals surface area contributed by atoms with E-state index in [1.54, 1.807) is 0 Å². The van der Waals surface area contributed by atoms with E-state index < -0.39 is 0 Å². The highest BCUT2D eigenvalue weighted by molar-refractivity contribution is 5.84. The number of hydrogen-bond acceptors (Lipinski definition) is 2. The van der Waals surface area contributed by atoms with Crippen molar-refractivity contribution in [3.05, 3.63) is 35.9 Å². The van der Waals surface area contributed by atoms with Crippen molar-refractivity contribution in [2.24, 2.45) is 0 Å². The Morgan fingerprint density at radius 1 is 1.41 bits per heavy atom. The van der Waals surface area contributed by atoms with Gasteiger partial charge in [0.05, 0.1) is 18.1 Å². The molecule has 1 aliphatic rings. The molecule has 0 saturated heterocycles. The molecule has 0 radical (unpaired) electrons. The van der Waals surface area contributed by atoms with Gasteiger partial charge in [-0.3, -0.25) is 4.79 Å². The van der Waals surface area contributed by atoms with Crippen LogP contribution in [0.2, 0.25) is 0 Å². The molecule has 1 saturated carbocycles. The number of nitrogens with one attached hydrogen (secondary N) is 1. The summed E-state index contributed by atoms with van der Waals surface area (Å²) in [6.45, 7) is 2.06. The Kier molecular flexibility index (Phi) is 3.48. The molecule has 1 atom stereocenters. The molecule has 0 bridgehead atoms. The Bertz CT molecular complexity index is 384. The van der Waals surface area contributed by atoms with Crippen molar-refractivity contribution in [3.8, 4) is 0 Å². The van der Waals surface area contributed by atoms with Crippen LogP contribution in [0, 0.1) is 0 Å². The van der Waals surface area contributed by atoms with Gasteiger partial charge < -0.3 is 10.4 Å². The maximum Gasteiger partial charge on any atom is 0.228 e. The number of aliphatic hydroxyl groups is 1. The summed E-state index contributed by atoms with van der Waals surface area (Å²) in [7, 11) is 0. The standard InChI is InChI=1S/C14H19NO2/c1-2-12(11-6-4-3-5-7-11)13(17)15-14(10-16)8-9-14/h3-7,12,16H,2,8-10H2,1H3,(H,15,17). The molecule has 92 valence electrons. The summed E-state index contributed by atoms with van der Waals surface area (Å²) in [5, 5.41) is 12.2. The van der Waals surface area contributed by atoms with E-state index >= 15 is 0 Å². The topological polar surface area (TPSA) is 49.3 Å². The van der Waals surface area contributed by atoms with Gasteiger partial charge >= 0.3 is 0 Å². The molecule has 1 unspecified atom stereocenters. The van der Waals surface area contributed by atoms with Crippen molar-refractivity contribution in [1.29, 1.82) is 0 Å². The van der Waals surface area contributed by atoms with Crippen molar-refractivity contribution in [1.82, 2.24) is 5.32 Å². The number of rotatable bonds is 5. The summed E-state index contributed by atoms with van der Waals surface area (Å²) in [6, 6.07) is 9.80. The molecular weight excluding hydrogens is 214 g/mol. The average molecular weight is 233 g/mol. The van der Waals surface area contributed by atoms with Crippen molar-refractivity contribution in [2.75, 3.05) is 6.61 Å². The Labute approximate surface area is 102 Å².